The highest BCUT2D eigenvalue weighted by molar-refractivity contribution is 8.14. The average Bonchev–Trinajstić information content (AvgIpc) is 3.46. The van der Waals surface area contributed by atoms with E-state index in [1.807, 2.05) is 0 Å². The second-order valence-corrected chi connectivity index (χ2v) is 9.33. The van der Waals surface area contributed by atoms with Crippen LogP contribution < -0.4 is 0 Å². The highest BCUT2D eigenvalue weighted by Crippen LogP contribution is 2.20. The van der Waals surface area contributed by atoms with E-state index >= 15 is 0 Å². The van der Waals surface area contributed by atoms with E-state index in [4.69, 9.17) is 10.5 Å². The van der Waals surface area contributed by atoms with Gasteiger partial charge in [0.2, 0.25) is 0 Å². The zero-order valence-electron chi connectivity index (χ0n) is 17.4. The fourth-order valence-electron chi connectivity index (χ4n) is 3.20. The number of aromatic nitrogens is 4. The fourth-order valence-corrected chi connectivity index (χ4v) is 4.73. The van der Waals surface area contributed by atoms with Crippen LogP contribution in [-0.4, -0.2) is 41.7 Å². The number of carbonyl (C=O) groups excluding carboxylic acids is 2. The Hall–Kier alpha value is -3.60. The number of hydrogen-bond donors (Lipinski definition) is 2. The topological polar surface area (TPSA) is 139 Å². The van der Waals surface area contributed by atoms with Crippen molar-refractivity contribution in [1.82, 2.24) is 19.9 Å². The summed E-state index contributed by atoms with van der Waals surface area (Å²) in [5.41, 5.74) is 3.71. The second-order valence-electron chi connectivity index (χ2n) is 7.19. The van der Waals surface area contributed by atoms with E-state index in [9.17, 15) is 9.59 Å². The molecule has 4 rings (SSSR count). The Morgan fingerprint density at radius 2 is 1.21 bits per heavy atom. The van der Waals surface area contributed by atoms with Crippen LogP contribution in [0, 0.1) is 22.7 Å². The molecule has 2 heterocycles. The van der Waals surface area contributed by atoms with Crippen molar-refractivity contribution in [3.63, 3.8) is 0 Å². The van der Waals surface area contributed by atoms with E-state index in [2.05, 4.69) is 32.1 Å². The predicted molar refractivity (Wildman–Crippen MR) is 129 cm³/mol. The molecular weight excluding hydrogens is 456 g/mol. The number of benzene rings is 2. The third-order valence-corrected chi connectivity index (χ3v) is 6.76. The lowest BCUT2D eigenvalue weighted by molar-refractivity contribution is 0.107. The highest BCUT2D eigenvalue weighted by Gasteiger charge is 2.14. The predicted octanol–water partition coefficient (Wildman–Crippen LogP) is 4.80. The van der Waals surface area contributed by atoms with Crippen LogP contribution in [0.4, 0.5) is 0 Å². The Bertz CT molecular complexity index is 1320. The SMILES string of the molecule is N#Cc1ccc2nc(C(=O)SCCCCCSC(=O)c3nc4ccc(C#N)cc4[nH]3)[nH]c2c1. The Kier molecular flexibility index (Phi) is 7.08. The second kappa shape index (κ2) is 10.3. The molecule has 2 aromatic heterocycles. The van der Waals surface area contributed by atoms with Crippen molar-refractivity contribution in [3.8, 4) is 12.1 Å². The van der Waals surface area contributed by atoms with Crippen molar-refractivity contribution in [2.45, 2.75) is 19.3 Å². The van der Waals surface area contributed by atoms with Gasteiger partial charge in [0.1, 0.15) is 0 Å². The number of rotatable bonds is 8. The van der Waals surface area contributed by atoms with E-state index in [1.165, 1.54) is 23.5 Å². The monoisotopic (exact) mass is 474 g/mol. The number of imidazole rings is 2. The minimum Gasteiger partial charge on any atom is -0.335 e. The van der Waals surface area contributed by atoms with Gasteiger partial charge < -0.3 is 9.97 Å². The van der Waals surface area contributed by atoms with Gasteiger partial charge in [-0.25, -0.2) is 9.97 Å². The van der Waals surface area contributed by atoms with Gasteiger partial charge in [-0.2, -0.15) is 10.5 Å². The van der Waals surface area contributed by atoms with Crippen LogP contribution in [0.1, 0.15) is 51.6 Å². The Labute approximate surface area is 197 Å². The van der Waals surface area contributed by atoms with Crippen molar-refractivity contribution in [2.24, 2.45) is 0 Å². The molecule has 0 atom stereocenters. The molecule has 10 heteroatoms. The normalized spacial score (nSPS) is 10.8. The maximum atomic E-state index is 12.3. The molecule has 0 aliphatic heterocycles. The quantitative estimate of drug-likeness (QED) is 0.347. The molecule has 0 spiro atoms. The van der Waals surface area contributed by atoms with E-state index < -0.39 is 0 Å². The standard InChI is InChI=1S/C23H18N6O2S2/c24-12-14-4-6-16-18(10-14)28-20(26-16)22(30)32-8-2-1-3-9-33-23(31)21-27-17-7-5-15(13-25)11-19(17)29-21/h4-7,10-11H,1-3,8-9H2,(H,26,28)(H,27,29). The highest BCUT2D eigenvalue weighted by atomic mass is 32.2. The number of nitrogens with zero attached hydrogens (tertiary/aromatic N) is 4. The Morgan fingerprint density at radius 1 is 0.758 bits per heavy atom. The van der Waals surface area contributed by atoms with Crippen LogP contribution in [0.2, 0.25) is 0 Å². The van der Waals surface area contributed by atoms with Crippen LogP contribution in [-0.2, 0) is 0 Å². The lowest BCUT2D eigenvalue weighted by Crippen LogP contribution is -1.99. The smallest absolute Gasteiger partial charge is 0.254 e. The van der Waals surface area contributed by atoms with Crippen molar-refractivity contribution >= 4 is 55.8 Å². The third-order valence-electron chi connectivity index (χ3n) is 4.86. The van der Waals surface area contributed by atoms with Crippen molar-refractivity contribution in [3.05, 3.63) is 59.2 Å². The summed E-state index contributed by atoms with van der Waals surface area (Å²) in [6.07, 6.45) is 2.61. The van der Waals surface area contributed by atoms with E-state index in [0.717, 1.165) is 19.3 Å². The summed E-state index contributed by atoms with van der Waals surface area (Å²) in [5, 5.41) is 17.7. The zero-order valence-corrected chi connectivity index (χ0v) is 19.1. The zero-order chi connectivity index (χ0) is 23.2. The van der Waals surface area contributed by atoms with Crippen LogP contribution in [0.25, 0.3) is 22.1 Å². The molecule has 164 valence electrons. The minimum absolute atomic E-state index is 0.126. The van der Waals surface area contributed by atoms with Gasteiger partial charge in [0, 0.05) is 11.5 Å². The lowest BCUT2D eigenvalue weighted by atomic mass is 10.2. The molecule has 0 bridgehead atoms. The summed E-state index contributed by atoms with van der Waals surface area (Å²) < 4.78 is 0. The third kappa shape index (κ3) is 5.43. The number of unbranched alkanes of at least 4 members (excludes halogenated alkanes) is 2. The van der Waals surface area contributed by atoms with Crippen molar-refractivity contribution in [2.75, 3.05) is 11.5 Å². The molecule has 8 nitrogen and oxygen atoms in total. The average molecular weight is 475 g/mol. The van der Waals surface area contributed by atoms with E-state index in [0.29, 0.717) is 56.3 Å². The molecule has 0 unspecified atom stereocenters. The van der Waals surface area contributed by atoms with Crippen molar-refractivity contribution < 1.29 is 9.59 Å². The minimum atomic E-state index is -0.126. The van der Waals surface area contributed by atoms with E-state index in [1.54, 1.807) is 36.4 Å². The Morgan fingerprint density at radius 3 is 1.64 bits per heavy atom. The molecule has 0 aliphatic rings. The van der Waals surface area contributed by atoms with Crippen LogP contribution >= 0.6 is 23.5 Å². The summed E-state index contributed by atoms with van der Waals surface area (Å²) in [4.78, 5) is 39.2. The van der Waals surface area contributed by atoms with Gasteiger partial charge in [0.05, 0.1) is 45.3 Å². The number of hydrogen-bond acceptors (Lipinski definition) is 8. The number of nitriles is 2. The molecule has 0 saturated heterocycles. The number of fused-ring (bicyclic) bond motifs is 2. The summed E-state index contributed by atoms with van der Waals surface area (Å²) in [6, 6.07) is 14.3. The number of H-pyrrole nitrogens is 2. The number of carbonyl (C=O) groups is 2. The maximum Gasteiger partial charge on any atom is 0.254 e. The van der Waals surface area contributed by atoms with Crippen LogP contribution in [0.3, 0.4) is 0 Å². The van der Waals surface area contributed by atoms with Gasteiger partial charge in [0.25, 0.3) is 10.2 Å². The molecule has 2 aromatic carbocycles. The molecule has 0 saturated carbocycles. The lowest BCUT2D eigenvalue weighted by Gasteiger charge is -2.00. The molecule has 4 aromatic rings. The van der Waals surface area contributed by atoms with Crippen LogP contribution in [0.5, 0.6) is 0 Å². The Balaban J connectivity index is 1.16. The molecular formula is C23H18N6O2S2. The number of aromatic amines is 2. The maximum absolute atomic E-state index is 12.3. The first-order valence-corrected chi connectivity index (χ1v) is 12.2. The molecule has 0 radical (unpaired) electrons. The van der Waals surface area contributed by atoms with Gasteiger partial charge in [-0.05, 0) is 49.2 Å². The van der Waals surface area contributed by atoms with Crippen molar-refractivity contribution in [1.29, 1.82) is 10.5 Å². The first kappa shape index (κ1) is 22.6. The van der Waals surface area contributed by atoms with Gasteiger partial charge >= 0.3 is 0 Å². The summed E-state index contributed by atoms with van der Waals surface area (Å²) >= 11 is 2.42. The van der Waals surface area contributed by atoms with Gasteiger partial charge in [-0.1, -0.05) is 29.9 Å². The van der Waals surface area contributed by atoms with Gasteiger partial charge in [0.15, 0.2) is 11.6 Å². The van der Waals surface area contributed by atoms with Gasteiger partial charge in [-0.3, -0.25) is 9.59 Å². The molecule has 0 aliphatic carbocycles. The first-order chi connectivity index (χ1) is 16.1. The number of thioether (sulfide) groups is 2. The largest absolute Gasteiger partial charge is 0.335 e. The number of nitrogens with one attached hydrogen (secondary N) is 2. The molecule has 0 amide bonds. The van der Waals surface area contributed by atoms with Gasteiger partial charge in [-0.15, -0.1) is 0 Å². The molecule has 33 heavy (non-hydrogen) atoms. The molecule has 2 N–H and O–H groups in total. The fraction of sp³-hybridized carbons (Fsp3) is 0.217. The summed E-state index contributed by atoms with van der Waals surface area (Å²) in [6.45, 7) is 0. The summed E-state index contributed by atoms with van der Waals surface area (Å²) in [5.74, 6) is 1.92. The van der Waals surface area contributed by atoms with Crippen LogP contribution in [0.15, 0.2) is 36.4 Å². The van der Waals surface area contributed by atoms with E-state index in [-0.39, 0.29) is 10.2 Å². The summed E-state index contributed by atoms with van der Waals surface area (Å²) in [7, 11) is 0. The molecule has 0 fully saturated rings. The first-order valence-electron chi connectivity index (χ1n) is 10.2.